The number of hydrogen-bond donors (Lipinski definition) is 0. The summed E-state index contributed by atoms with van der Waals surface area (Å²) >= 11 is 0. The Labute approximate surface area is 220 Å². The van der Waals surface area contributed by atoms with Gasteiger partial charge in [-0.1, -0.05) is 12.1 Å². The van der Waals surface area contributed by atoms with Crippen molar-refractivity contribution in [3.8, 4) is 0 Å². The van der Waals surface area contributed by atoms with E-state index in [2.05, 4.69) is 0 Å². The highest BCUT2D eigenvalue weighted by Crippen LogP contribution is 2.34. The maximum atomic E-state index is 14.9. The van der Waals surface area contributed by atoms with Crippen molar-refractivity contribution in [3.05, 3.63) is 70.8 Å². The zero-order valence-corrected chi connectivity index (χ0v) is 21.9. The van der Waals surface area contributed by atoms with Gasteiger partial charge < -0.3 is 9.64 Å². The predicted molar refractivity (Wildman–Crippen MR) is 133 cm³/mol. The quantitative estimate of drug-likeness (QED) is 0.501. The normalized spacial score (nSPS) is 19.1. The minimum atomic E-state index is -0.943. The topological polar surface area (TPSA) is 53.1 Å². The van der Waals surface area contributed by atoms with E-state index < -0.39 is 47.0 Å². The van der Waals surface area contributed by atoms with Crippen molar-refractivity contribution < 1.29 is 31.9 Å². The van der Waals surface area contributed by atoms with Crippen molar-refractivity contribution in [2.45, 2.75) is 57.7 Å². The third-order valence-corrected chi connectivity index (χ3v) is 6.92. The van der Waals surface area contributed by atoms with E-state index in [-0.39, 0.29) is 43.2 Å². The molecule has 1 unspecified atom stereocenters. The molecule has 2 heterocycles. The van der Waals surface area contributed by atoms with E-state index in [1.807, 2.05) is 0 Å². The first kappa shape index (κ1) is 27.9. The molecule has 0 radical (unpaired) electrons. The number of halogens is 4. The van der Waals surface area contributed by atoms with E-state index in [9.17, 15) is 27.2 Å². The van der Waals surface area contributed by atoms with Crippen molar-refractivity contribution in [2.24, 2.45) is 0 Å². The molecule has 38 heavy (non-hydrogen) atoms. The summed E-state index contributed by atoms with van der Waals surface area (Å²) in [5.74, 6) is -3.39. The zero-order chi connectivity index (χ0) is 27.6. The van der Waals surface area contributed by atoms with Crippen LogP contribution in [0.1, 0.15) is 57.2 Å². The Morgan fingerprint density at radius 3 is 1.89 bits per heavy atom. The number of ether oxygens (including phenoxy) is 1. The lowest BCUT2D eigenvalue weighted by atomic mass is 9.95. The number of amides is 2. The van der Waals surface area contributed by atoms with Gasteiger partial charge in [-0.25, -0.2) is 22.4 Å². The minimum Gasteiger partial charge on any atom is -0.444 e. The number of piperidine rings is 1. The maximum absolute atomic E-state index is 14.9. The van der Waals surface area contributed by atoms with Crippen LogP contribution in [0.5, 0.6) is 0 Å². The van der Waals surface area contributed by atoms with Gasteiger partial charge in [-0.05, 0) is 52.2 Å². The second-order valence-corrected chi connectivity index (χ2v) is 10.8. The summed E-state index contributed by atoms with van der Waals surface area (Å²) in [6, 6.07) is 4.61. The molecule has 0 N–H and O–H groups in total. The summed E-state index contributed by atoms with van der Waals surface area (Å²) < 4.78 is 62.5. The summed E-state index contributed by atoms with van der Waals surface area (Å²) in [6.07, 6.45) is 1.60. The molecule has 0 spiro atoms. The molecule has 2 aromatic carbocycles. The molecule has 0 saturated carbocycles. The van der Waals surface area contributed by atoms with Crippen LogP contribution in [0.4, 0.5) is 22.4 Å². The van der Waals surface area contributed by atoms with E-state index in [1.165, 1.54) is 17.0 Å². The van der Waals surface area contributed by atoms with Gasteiger partial charge in [-0.3, -0.25) is 14.6 Å². The van der Waals surface area contributed by atoms with Crippen LogP contribution in [0.2, 0.25) is 0 Å². The first-order chi connectivity index (χ1) is 17.9. The van der Waals surface area contributed by atoms with Crippen molar-refractivity contribution in [2.75, 3.05) is 32.7 Å². The third-order valence-electron chi connectivity index (χ3n) is 6.92. The van der Waals surface area contributed by atoms with Crippen molar-refractivity contribution in [1.82, 2.24) is 14.7 Å². The number of nitrogens with zero attached hydrogens (tertiary/aromatic N) is 3. The van der Waals surface area contributed by atoms with Crippen LogP contribution in [0.3, 0.4) is 0 Å². The summed E-state index contributed by atoms with van der Waals surface area (Å²) in [5.41, 5.74) is -0.575. The second kappa shape index (κ2) is 11.3. The van der Waals surface area contributed by atoms with Crippen LogP contribution in [0, 0.1) is 23.3 Å². The number of piperazine rings is 1. The van der Waals surface area contributed by atoms with E-state index in [4.69, 9.17) is 4.74 Å². The summed E-state index contributed by atoms with van der Waals surface area (Å²) in [7, 11) is 0. The molecule has 6 nitrogen and oxygen atoms in total. The van der Waals surface area contributed by atoms with Crippen LogP contribution < -0.4 is 0 Å². The Balaban J connectivity index is 1.53. The molecule has 2 amide bonds. The lowest BCUT2D eigenvalue weighted by molar-refractivity contribution is -0.140. The van der Waals surface area contributed by atoms with Crippen molar-refractivity contribution in [1.29, 1.82) is 0 Å². The van der Waals surface area contributed by atoms with Gasteiger partial charge in [-0.15, -0.1) is 0 Å². The molecule has 0 aliphatic carbocycles. The molecule has 4 rings (SSSR count). The number of rotatable bonds is 4. The Morgan fingerprint density at radius 2 is 1.39 bits per heavy atom. The average Bonchev–Trinajstić information content (AvgIpc) is 2.85. The SMILES string of the molecule is CC(C)(C)OC(=O)N1CCCCC1C(=O)N1CCN(C(c2ccc(F)cc2F)c2ccc(F)cc2F)CC1. The van der Waals surface area contributed by atoms with Crippen molar-refractivity contribution in [3.63, 3.8) is 0 Å². The monoisotopic (exact) mass is 535 g/mol. The molecular formula is C28H33F4N3O3. The molecule has 10 heteroatoms. The Hall–Kier alpha value is -3.14. The number of carbonyl (C=O) groups is 2. The van der Waals surface area contributed by atoms with Gasteiger partial charge in [0.25, 0.3) is 0 Å². The molecule has 2 aliphatic heterocycles. The van der Waals surface area contributed by atoms with Gasteiger partial charge in [0.15, 0.2) is 0 Å². The summed E-state index contributed by atoms with van der Waals surface area (Å²) in [5, 5.41) is 0. The van der Waals surface area contributed by atoms with Gasteiger partial charge in [0, 0.05) is 56.0 Å². The highest BCUT2D eigenvalue weighted by molar-refractivity contribution is 5.86. The Kier molecular flexibility index (Phi) is 8.30. The lowest BCUT2D eigenvalue weighted by Crippen LogP contribution is -2.58. The first-order valence-electron chi connectivity index (χ1n) is 12.9. The largest absolute Gasteiger partial charge is 0.444 e. The highest BCUT2D eigenvalue weighted by Gasteiger charge is 2.39. The molecule has 206 valence electrons. The van der Waals surface area contributed by atoms with Crippen LogP contribution >= 0.6 is 0 Å². The Bertz CT molecular complexity index is 1130. The van der Waals surface area contributed by atoms with E-state index >= 15 is 0 Å². The van der Waals surface area contributed by atoms with E-state index in [0.717, 1.165) is 37.1 Å². The molecule has 2 aliphatic rings. The van der Waals surface area contributed by atoms with Gasteiger partial charge in [-0.2, -0.15) is 0 Å². The predicted octanol–water partition coefficient (Wildman–Crippen LogP) is 5.27. The third kappa shape index (κ3) is 6.28. The first-order valence-corrected chi connectivity index (χ1v) is 12.9. The molecule has 2 saturated heterocycles. The van der Waals surface area contributed by atoms with Gasteiger partial charge in [0.2, 0.25) is 5.91 Å². The van der Waals surface area contributed by atoms with Gasteiger partial charge in [0.05, 0.1) is 6.04 Å². The minimum absolute atomic E-state index is 0.0556. The van der Waals surface area contributed by atoms with Gasteiger partial charge in [0.1, 0.15) is 34.9 Å². The fourth-order valence-electron chi connectivity index (χ4n) is 5.15. The van der Waals surface area contributed by atoms with Crippen LogP contribution in [-0.2, 0) is 9.53 Å². The number of hydrogen-bond acceptors (Lipinski definition) is 4. The summed E-state index contributed by atoms with van der Waals surface area (Å²) in [6.45, 7) is 6.81. The number of benzene rings is 2. The fourth-order valence-corrected chi connectivity index (χ4v) is 5.15. The van der Waals surface area contributed by atoms with E-state index in [1.54, 1.807) is 30.6 Å². The summed E-state index contributed by atoms with van der Waals surface area (Å²) in [4.78, 5) is 31.2. The zero-order valence-electron chi connectivity index (χ0n) is 21.9. The smallest absolute Gasteiger partial charge is 0.410 e. The average molecular weight is 536 g/mol. The number of likely N-dealkylation sites (tertiary alicyclic amines) is 1. The molecule has 2 aromatic rings. The standard InChI is InChI=1S/C28H33F4N3O3/c1-28(2,3)38-27(37)35-11-5-4-6-24(35)26(36)34-14-12-33(13-15-34)25(20-9-7-18(29)16-22(20)31)21-10-8-19(30)17-23(21)32/h7-10,16-17,24-25H,4-6,11-15H2,1-3H3. The molecule has 1 atom stereocenters. The number of carbonyl (C=O) groups excluding carboxylic acids is 2. The maximum Gasteiger partial charge on any atom is 0.410 e. The molecule has 2 fully saturated rings. The van der Waals surface area contributed by atoms with Crippen LogP contribution in [0.25, 0.3) is 0 Å². The highest BCUT2D eigenvalue weighted by atomic mass is 19.1. The fraction of sp³-hybridized carbons (Fsp3) is 0.500. The molecule has 0 aromatic heterocycles. The molecular weight excluding hydrogens is 502 g/mol. The van der Waals surface area contributed by atoms with Crippen LogP contribution in [0.15, 0.2) is 36.4 Å². The Morgan fingerprint density at radius 1 is 0.842 bits per heavy atom. The van der Waals surface area contributed by atoms with Crippen LogP contribution in [-0.4, -0.2) is 71.1 Å². The second-order valence-electron chi connectivity index (χ2n) is 10.8. The molecule has 0 bridgehead atoms. The lowest BCUT2D eigenvalue weighted by Gasteiger charge is -2.43. The van der Waals surface area contributed by atoms with Gasteiger partial charge >= 0.3 is 6.09 Å². The van der Waals surface area contributed by atoms with Crippen molar-refractivity contribution >= 4 is 12.0 Å². The van der Waals surface area contributed by atoms with E-state index in [0.29, 0.717) is 13.0 Å².